The Balaban J connectivity index is 2.28. The first-order valence-electron chi connectivity index (χ1n) is 8.59. The normalized spacial score (nSPS) is 12.9. The van der Waals surface area contributed by atoms with Crippen LogP contribution in [0.3, 0.4) is 0 Å². The van der Waals surface area contributed by atoms with Crippen LogP contribution >= 0.6 is 0 Å². The Labute approximate surface area is 156 Å². The predicted octanol–water partition coefficient (Wildman–Crippen LogP) is 3.66. The van der Waals surface area contributed by atoms with Crippen LogP contribution < -0.4 is 4.46 Å². The van der Waals surface area contributed by atoms with Gasteiger partial charge in [-0.1, -0.05) is 0 Å². The van der Waals surface area contributed by atoms with E-state index in [1.807, 2.05) is 55.5 Å². The van der Waals surface area contributed by atoms with E-state index in [1.165, 1.54) is 4.46 Å². The van der Waals surface area contributed by atoms with Gasteiger partial charge in [-0.2, -0.15) is 0 Å². The van der Waals surface area contributed by atoms with Crippen LogP contribution in [-0.4, -0.2) is 33.2 Å². The van der Waals surface area contributed by atoms with Crippen molar-refractivity contribution in [3.05, 3.63) is 66.2 Å². The summed E-state index contributed by atoms with van der Waals surface area (Å²) in [6, 6.07) is 20.3. The van der Waals surface area contributed by atoms with Gasteiger partial charge in [0.25, 0.3) is 0 Å². The maximum absolute atomic E-state index is 12.6. The Kier molecular flexibility index (Phi) is 7.90. The SMILES string of the molecule is CCOC(=O)C(=NCc1ccccc1)C([Se]c1ccccc1)C(C)C. The van der Waals surface area contributed by atoms with Gasteiger partial charge in [-0.05, 0) is 0 Å². The third kappa shape index (κ3) is 6.15. The number of rotatable bonds is 8. The second-order valence-corrected chi connectivity index (χ2v) is 8.55. The second-order valence-electron chi connectivity index (χ2n) is 6.00. The van der Waals surface area contributed by atoms with Crippen molar-refractivity contribution < 1.29 is 9.53 Å². The number of aliphatic imine (C=N–C) groups is 1. The summed E-state index contributed by atoms with van der Waals surface area (Å²) in [6.45, 7) is 6.99. The molecule has 2 aromatic carbocycles. The number of nitrogens with zero attached hydrogens (tertiary/aromatic N) is 1. The molecule has 0 radical (unpaired) electrons. The summed E-state index contributed by atoms with van der Waals surface area (Å²) in [5, 5.41) is 0. The number of benzene rings is 2. The molecule has 0 aliphatic heterocycles. The van der Waals surface area contributed by atoms with E-state index in [0.717, 1.165) is 5.56 Å². The summed E-state index contributed by atoms with van der Waals surface area (Å²) in [5.74, 6) is 0.0362. The van der Waals surface area contributed by atoms with Crippen LogP contribution in [0.2, 0.25) is 4.82 Å². The number of hydrogen-bond acceptors (Lipinski definition) is 3. The quantitative estimate of drug-likeness (QED) is 0.384. The molecule has 0 saturated heterocycles. The van der Waals surface area contributed by atoms with Gasteiger partial charge in [0.15, 0.2) is 0 Å². The number of carbonyl (C=O) groups excluding carboxylic acids is 1. The fourth-order valence-electron chi connectivity index (χ4n) is 2.39. The maximum atomic E-state index is 12.6. The molecular formula is C21H25NO2Se. The molecular weight excluding hydrogens is 377 g/mol. The van der Waals surface area contributed by atoms with Crippen molar-refractivity contribution in [3.8, 4) is 0 Å². The van der Waals surface area contributed by atoms with Crippen LogP contribution in [0.15, 0.2) is 65.7 Å². The van der Waals surface area contributed by atoms with Crippen molar-refractivity contribution in [2.24, 2.45) is 10.9 Å². The zero-order valence-electron chi connectivity index (χ0n) is 15.0. The van der Waals surface area contributed by atoms with E-state index in [2.05, 4.69) is 31.0 Å². The molecule has 0 spiro atoms. The van der Waals surface area contributed by atoms with Gasteiger partial charge in [0.05, 0.1) is 0 Å². The summed E-state index contributed by atoms with van der Waals surface area (Å²) in [5.41, 5.74) is 1.67. The Morgan fingerprint density at radius 3 is 2.20 bits per heavy atom. The standard InChI is InChI=1S/C21H25NO2Se/c1-4-24-21(23)19(22-15-17-11-7-5-8-12-17)20(16(2)3)25-18-13-9-6-10-14-18/h5-14,16,20H,4,15H2,1-3H3. The molecule has 0 N–H and O–H groups in total. The molecule has 2 aromatic rings. The van der Waals surface area contributed by atoms with Gasteiger partial charge in [-0.3, -0.25) is 0 Å². The van der Waals surface area contributed by atoms with Gasteiger partial charge in [-0.25, -0.2) is 0 Å². The molecule has 0 heterocycles. The average molecular weight is 402 g/mol. The molecule has 25 heavy (non-hydrogen) atoms. The fourth-order valence-corrected chi connectivity index (χ4v) is 4.83. The Hall–Kier alpha value is -1.90. The minimum absolute atomic E-state index is 0.0951. The van der Waals surface area contributed by atoms with Crippen LogP contribution in [-0.2, 0) is 16.1 Å². The van der Waals surface area contributed by atoms with Crippen LogP contribution in [0.25, 0.3) is 0 Å². The fraction of sp³-hybridized carbons (Fsp3) is 0.333. The van der Waals surface area contributed by atoms with E-state index in [9.17, 15) is 4.79 Å². The van der Waals surface area contributed by atoms with Crippen molar-refractivity contribution in [1.29, 1.82) is 0 Å². The van der Waals surface area contributed by atoms with E-state index < -0.39 is 0 Å². The molecule has 0 saturated carbocycles. The first-order valence-corrected chi connectivity index (χ1v) is 10.4. The first-order chi connectivity index (χ1) is 12.1. The molecule has 0 amide bonds. The first kappa shape index (κ1) is 19.4. The number of carbonyl (C=O) groups is 1. The molecule has 132 valence electrons. The van der Waals surface area contributed by atoms with Gasteiger partial charge >= 0.3 is 157 Å². The molecule has 1 unspecified atom stereocenters. The van der Waals surface area contributed by atoms with Crippen LogP contribution in [0.4, 0.5) is 0 Å². The number of ether oxygens (including phenoxy) is 1. The van der Waals surface area contributed by atoms with Crippen molar-refractivity contribution in [2.75, 3.05) is 6.61 Å². The number of esters is 1. The number of hydrogen-bond donors (Lipinski definition) is 0. The molecule has 0 aromatic heterocycles. The van der Waals surface area contributed by atoms with Gasteiger partial charge in [0, 0.05) is 0 Å². The molecule has 4 heteroatoms. The predicted molar refractivity (Wildman–Crippen MR) is 105 cm³/mol. The third-order valence-electron chi connectivity index (χ3n) is 3.64. The molecule has 0 fully saturated rings. The van der Waals surface area contributed by atoms with Crippen LogP contribution in [0.5, 0.6) is 0 Å². The van der Waals surface area contributed by atoms with Crippen LogP contribution in [0.1, 0.15) is 26.3 Å². The Morgan fingerprint density at radius 1 is 1.04 bits per heavy atom. The van der Waals surface area contributed by atoms with Crippen molar-refractivity contribution >= 4 is 31.1 Å². The monoisotopic (exact) mass is 403 g/mol. The topological polar surface area (TPSA) is 38.7 Å². The van der Waals surface area contributed by atoms with E-state index >= 15 is 0 Å². The van der Waals surface area contributed by atoms with E-state index in [0.29, 0.717) is 24.8 Å². The second kappa shape index (κ2) is 10.2. The summed E-state index contributed by atoms with van der Waals surface area (Å²) in [4.78, 5) is 17.3. The molecule has 2 rings (SSSR count). The molecule has 3 nitrogen and oxygen atoms in total. The molecule has 0 aliphatic carbocycles. The zero-order valence-corrected chi connectivity index (χ0v) is 16.7. The summed E-state index contributed by atoms with van der Waals surface area (Å²) < 4.78 is 6.57. The summed E-state index contributed by atoms with van der Waals surface area (Å²) in [7, 11) is 0. The molecule has 1 atom stereocenters. The van der Waals surface area contributed by atoms with E-state index in [4.69, 9.17) is 4.74 Å². The summed E-state index contributed by atoms with van der Waals surface area (Å²) >= 11 is 0.123. The minimum atomic E-state index is -0.282. The van der Waals surface area contributed by atoms with Crippen LogP contribution in [0, 0.1) is 5.92 Å². The zero-order chi connectivity index (χ0) is 18.1. The Bertz CT molecular complexity index is 684. The average Bonchev–Trinajstić information content (AvgIpc) is 2.63. The van der Waals surface area contributed by atoms with Gasteiger partial charge < -0.3 is 0 Å². The Morgan fingerprint density at radius 2 is 1.64 bits per heavy atom. The van der Waals surface area contributed by atoms with Gasteiger partial charge in [-0.15, -0.1) is 0 Å². The molecule has 0 bridgehead atoms. The van der Waals surface area contributed by atoms with Crippen molar-refractivity contribution in [2.45, 2.75) is 32.1 Å². The van der Waals surface area contributed by atoms with E-state index in [1.54, 1.807) is 0 Å². The third-order valence-corrected chi connectivity index (χ3v) is 6.93. The summed E-state index contributed by atoms with van der Waals surface area (Å²) in [6.07, 6.45) is 0. The van der Waals surface area contributed by atoms with Gasteiger partial charge in [0.2, 0.25) is 0 Å². The van der Waals surface area contributed by atoms with E-state index in [-0.39, 0.29) is 25.7 Å². The van der Waals surface area contributed by atoms with Gasteiger partial charge in [0.1, 0.15) is 0 Å². The van der Waals surface area contributed by atoms with Crippen molar-refractivity contribution in [1.82, 2.24) is 0 Å². The van der Waals surface area contributed by atoms with Crippen molar-refractivity contribution in [3.63, 3.8) is 0 Å². The molecule has 0 aliphatic rings.